The Hall–Kier alpha value is -10.3. The summed E-state index contributed by atoms with van der Waals surface area (Å²) in [4.78, 5) is 114. The molecule has 31 nitrogen and oxygen atoms in total. The second-order valence-corrected chi connectivity index (χ2v) is 34.1. The standard InChI is InChI=1S/C20H21F3N4O3.C18H27N3O4.C13H8F3NO2.C12H18IN3O2.C10H17NO4.C6H10O2.C3H9NO/c1-11-9-27-17(16(8-24-27)25-4-3-12(2)30-20(25)29)10-26(11)18(28)7-13-5-14(21)19(23)15(22)6-13;1-11-6-13(16(22)24-10-11)14-7-19-21-8-12(2)20(9-15(14)21)17(23)25-18(3,4)5;14-10-6-8(7-11(15)12(10)16)17-13(18)19-9-4-2-1-3-5-9;1-8-6-16-10(9(13)5-14-16)7-15(8)11(17)18-12(2,3)4;1-7-5-6-11(8(12)14-7)9(13)15-10(2,3)4;1-5-3-2-4-6(7)8-5;1-3(5)2-4/h5-6,8,11-12H,3-4,7,9-10H2,1-2H3;7,11-13H,6,8-10H2,1-5H3;1-7H,(H,17,18);5,8H,6-7H2,1-4H3;7H,5-6H2,1-4H3;5H,2-4H2,1H3;3,5H,2,4H2,1H3/t11-,12?;11?,12-,13?;;8-;;;/m00.0.../s1. The number of amides is 7. The van der Waals surface area contributed by atoms with Gasteiger partial charge in [0.15, 0.2) is 34.9 Å². The van der Waals surface area contributed by atoms with Gasteiger partial charge in [-0.05, 0) is 188 Å². The van der Waals surface area contributed by atoms with Crippen LogP contribution in [0.3, 0.4) is 0 Å². The van der Waals surface area contributed by atoms with Crippen LogP contribution in [0.1, 0.15) is 190 Å². The summed E-state index contributed by atoms with van der Waals surface area (Å²) >= 11 is 2.25. The molecule has 0 bridgehead atoms. The van der Waals surface area contributed by atoms with Crippen molar-refractivity contribution >= 4 is 88.4 Å². The number of carbonyl (C=O) groups excluding carboxylic acids is 9. The molecule has 6 unspecified atom stereocenters. The van der Waals surface area contributed by atoms with Crippen LogP contribution < -0.4 is 20.7 Å². The zero-order valence-corrected chi connectivity index (χ0v) is 72.8. The highest BCUT2D eigenvalue weighted by molar-refractivity contribution is 14.1. The lowest BCUT2D eigenvalue weighted by molar-refractivity contribution is -0.153. The second kappa shape index (κ2) is 42.8. The molecule has 10 heterocycles. The van der Waals surface area contributed by atoms with Crippen LogP contribution in [0.4, 0.5) is 66.5 Å². The average molecular weight is 1810 g/mol. The molecule has 38 heteroatoms. The molecule has 13 rings (SSSR count). The van der Waals surface area contributed by atoms with E-state index in [2.05, 4.69) is 50.1 Å². The molecule has 4 saturated heterocycles. The molecule has 660 valence electrons. The number of halogens is 7. The zero-order chi connectivity index (χ0) is 89.2. The van der Waals surface area contributed by atoms with E-state index in [9.17, 15) is 69.5 Å². The SMILES string of the molecule is CC(O)CN.CC1CCCC(=O)O1.CC1CCN(C(=O)OC(C)(C)C)C(=O)O1.CC1CCN(c2cnn3c2CN(C(=O)Cc2cc(F)c(F)c(F)c2)[C@@H](C)C3)C(=O)O1.CC1COC(=O)C(c2cnn3c2CN(C(=O)OC(C)(C)C)[C@@H](C)C3)C1.C[C@H]1Cn2ncc(I)c2CN1C(=O)OC(C)(C)C.O=C(Nc1cc(F)c(F)c(F)c1)Oc1ccccc1. The second-order valence-electron chi connectivity index (χ2n) is 33.0. The summed E-state index contributed by atoms with van der Waals surface area (Å²) in [7, 11) is 0. The number of ether oxygens (including phenoxy) is 8. The van der Waals surface area contributed by atoms with Crippen LogP contribution in [0.15, 0.2) is 73.2 Å². The third-order valence-electron chi connectivity index (χ3n) is 18.8. The van der Waals surface area contributed by atoms with Crippen molar-refractivity contribution in [3.8, 4) is 5.75 Å². The number of nitrogens with zero attached hydrogens (tertiary/aromatic N) is 11. The summed E-state index contributed by atoms with van der Waals surface area (Å²) in [6.45, 7) is 36.1. The number of cyclic esters (lactones) is 4. The van der Waals surface area contributed by atoms with Crippen molar-refractivity contribution in [3.63, 3.8) is 0 Å². The first-order valence-corrected chi connectivity index (χ1v) is 40.5. The number of rotatable bonds is 7. The van der Waals surface area contributed by atoms with Crippen molar-refractivity contribution < 1.29 is 112 Å². The number of fused-ring (bicyclic) bond motifs is 3. The molecule has 3 aromatic heterocycles. The minimum absolute atomic E-state index is 0.0210. The zero-order valence-electron chi connectivity index (χ0n) is 70.7. The predicted octanol–water partition coefficient (Wildman–Crippen LogP) is 14.6. The van der Waals surface area contributed by atoms with Crippen molar-refractivity contribution in [3.05, 3.63) is 140 Å². The molecule has 0 aliphatic carbocycles. The molecule has 4 N–H and O–H groups in total. The number of carbonyl (C=O) groups is 9. The first-order chi connectivity index (χ1) is 56.1. The first kappa shape index (κ1) is 96.9. The van der Waals surface area contributed by atoms with Gasteiger partial charge in [0.2, 0.25) is 5.91 Å². The van der Waals surface area contributed by atoms with E-state index in [-0.39, 0.29) is 108 Å². The number of aromatic nitrogens is 6. The molecule has 0 saturated carbocycles. The number of hydrogen-bond donors (Lipinski definition) is 3. The molecule has 7 aliphatic heterocycles. The highest BCUT2D eigenvalue weighted by Gasteiger charge is 2.40. The molecule has 7 aliphatic rings. The lowest BCUT2D eigenvalue weighted by atomic mass is 9.87. The Morgan fingerprint density at radius 1 is 0.608 bits per heavy atom. The predicted molar refractivity (Wildman–Crippen MR) is 433 cm³/mol. The maximum absolute atomic E-state index is 13.5. The van der Waals surface area contributed by atoms with Gasteiger partial charge >= 0.3 is 48.5 Å². The van der Waals surface area contributed by atoms with Crippen LogP contribution in [0.25, 0.3) is 0 Å². The van der Waals surface area contributed by atoms with E-state index < -0.39 is 76.1 Å². The van der Waals surface area contributed by atoms with Crippen LogP contribution >= 0.6 is 22.6 Å². The van der Waals surface area contributed by atoms with E-state index in [1.165, 1.54) is 17.0 Å². The summed E-state index contributed by atoms with van der Waals surface area (Å²) in [5.74, 6) is -8.92. The van der Waals surface area contributed by atoms with Crippen molar-refractivity contribution in [2.24, 2.45) is 11.7 Å². The molecular weight excluding hydrogens is 1700 g/mol. The number of nitrogens with two attached hydrogens (primary N) is 1. The Labute approximate surface area is 707 Å². The maximum atomic E-state index is 13.5. The first-order valence-electron chi connectivity index (χ1n) is 39.4. The van der Waals surface area contributed by atoms with Gasteiger partial charge in [-0.15, -0.1) is 0 Å². The Balaban J connectivity index is 0.000000202. The van der Waals surface area contributed by atoms with Gasteiger partial charge in [0.25, 0.3) is 0 Å². The summed E-state index contributed by atoms with van der Waals surface area (Å²) in [6.07, 6.45) is 5.91. The molecule has 9 atom stereocenters. The molecule has 7 amide bonds. The van der Waals surface area contributed by atoms with Gasteiger partial charge in [-0.25, -0.2) is 60.0 Å². The minimum atomic E-state index is -1.60. The van der Waals surface area contributed by atoms with Gasteiger partial charge in [0.05, 0.1) is 133 Å². The topological polar surface area (TPSA) is 355 Å². The van der Waals surface area contributed by atoms with Crippen LogP contribution in [0.5, 0.6) is 5.75 Å². The highest BCUT2D eigenvalue weighted by atomic mass is 127. The molecule has 0 spiro atoms. The molecule has 3 aromatic carbocycles. The fraction of sp³-hybridized carbons (Fsp3) is 0.561. The highest BCUT2D eigenvalue weighted by Crippen LogP contribution is 2.36. The minimum Gasteiger partial charge on any atom is -0.465 e. The Kier molecular flexibility index (Phi) is 34.6. The van der Waals surface area contributed by atoms with E-state index in [0.29, 0.717) is 101 Å². The van der Waals surface area contributed by atoms with Crippen molar-refractivity contribution in [2.75, 3.05) is 36.5 Å². The van der Waals surface area contributed by atoms with E-state index in [1.807, 2.05) is 91.7 Å². The maximum Gasteiger partial charge on any atom is 0.419 e. The van der Waals surface area contributed by atoms with E-state index in [1.54, 1.807) is 84.6 Å². The number of benzene rings is 3. The van der Waals surface area contributed by atoms with Crippen LogP contribution in [-0.2, 0) is 93.2 Å². The van der Waals surface area contributed by atoms with Crippen LogP contribution in [0, 0.1) is 44.4 Å². The molecule has 120 heavy (non-hydrogen) atoms. The van der Waals surface area contributed by atoms with Crippen LogP contribution in [0.2, 0.25) is 0 Å². The number of aliphatic hydroxyl groups is 1. The summed E-state index contributed by atoms with van der Waals surface area (Å²) in [5, 5.41) is 23.4. The van der Waals surface area contributed by atoms with Crippen molar-refractivity contribution in [1.29, 1.82) is 0 Å². The largest absolute Gasteiger partial charge is 0.465 e. The Morgan fingerprint density at radius 2 is 1.07 bits per heavy atom. The number of hydrogen-bond acceptors (Lipinski definition) is 22. The van der Waals surface area contributed by atoms with E-state index >= 15 is 0 Å². The van der Waals surface area contributed by atoms with Gasteiger partial charge in [0, 0.05) is 62.6 Å². The normalized spacial score (nSPS) is 20.9. The molecule has 4 fully saturated rings. The third kappa shape index (κ3) is 28.7. The molecule has 6 aromatic rings. The van der Waals surface area contributed by atoms with Crippen molar-refractivity contribution in [1.82, 2.24) is 48.9 Å². The summed E-state index contributed by atoms with van der Waals surface area (Å²) < 4.78 is 127. The van der Waals surface area contributed by atoms with Gasteiger partial charge in [-0.2, -0.15) is 15.3 Å². The van der Waals surface area contributed by atoms with Gasteiger partial charge < -0.3 is 53.6 Å². The smallest absolute Gasteiger partial charge is 0.419 e. The number of para-hydroxylation sites is 1. The van der Waals surface area contributed by atoms with Crippen molar-refractivity contribution in [2.45, 2.75) is 267 Å². The fourth-order valence-electron chi connectivity index (χ4n) is 12.6. The molecular formula is C82H110F6IN13O18. The number of anilines is 2. The average Bonchev–Trinajstić information content (AvgIpc) is 1.63. The van der Waals surface area contributed by atoms with E-state index in [4.69, 9.17) is 48.7 Å². The Morgan fingerprint density at radius 3 is 1.58 bits per heavy atom. The number of nitrogens with one attached hydrogen (secondary N) is 1. The lowest BCUT2D eigenvalue weighted by Gasteiger charge is -2.36. The lowest BCUT2D eigenvalue weighted by Crippen LogP contribution is -2.47. The Bertz CT molecular complexity index is 4500. The fourth-order valence-corrected chi connectivity index (χ4v) is 13.2. The quantitative estimate of drug-likeness (QED) is 0.0439. The third-order valence-corrected chi connectivity index (χ3v) is 19.7. The van der Waals surface area contributed by atoms with Crippen LogP contribution in [-0.4, -0.2) is 194 Å². The van der Waals surface area contributed by atoms with E-state index in [0.717, 1.165) is 63.4 Å². The number of aliphatic hydroxyl groups excluding tert-OH is 1. The van der Waals surface area contributed by atoms with Gasteiger partial charge in [-0.1, -0.05) is 25.1 Å². The summed E-state index contributed by atoms with van der Waals surface area (Å²) in [5.41, 5.74) is 7.26. The monoisotopic (exact) mass is 1810 g/mol. The van der Waals surface area contributed by atoms with Gasteiger partial charge in [0.1, 0.15) is 34.8 Å². The van der Waals surface area contributed by atoms with Gasteiger partial charge in [-0.3, -0.25) is 48.4 Å². The number of esters is 2. The molecule has 0 radical (unpaired) electrons. The number of imide groups is 1. The summed E-state index contributed by atoms with van der Waals surface area (Å²) in [6, 6.07) is 10.9.